The van der Waals surface area contributed by atoms with E-state index in [9.17, 15) is 4.79 Å². The minimum Gasteiger partial charge on any atom is -0.321 e. The Labute approximate surface area is 104 Å². The summed E-state index contributed by atoms with van der Waals surface area (Å²) in [6.45, 7) is 0. The van der Waals surface area contributed by atoms with Gasteiger partial charge in [0.1, 0.15) is 0 Å². The first-order valence-electron chi connectivity index (χ1n) is 5.15. The maximum absolute atomic E-state index is 11.9. The Bertz CT molecular complexity index is 497. The van der Waals surface area contributed by atoms with Crippen LogP contribution in [0, 0.1) is 0 Å². The van der Waals surface area contributed by atoms with E-state index in [1.165, 1.54) is 0 Å². The highest BCUT2D eigenvalue weighted by Gasteiger charge is 2.05. The van der Waals surface area contributed by atoms with E-state index in [1.807, 2.05) is 30.5 Å². The first kappa shape index (κ1) is 11.7. The van der Waals surface area contributed by atoms with Crippen LogP contribution in [0.1, 0.15) is 10.4 Å². The van der Waals surface area contributed by atoms with Crippen molar-refractivity contribution < 1.29 is 4.79 Å². The van der Waals surface area contributed by atoms with Crippen LogP contribution in [0.15, 0.2) is 53.7 Å². The number of carbonyl (C=O) groups excluding carboxylic acids is 1. The number of hydrogen-bond acceptors (Lipinski definition) is 3. The lowest BCUT2D eigenvalue weighted by molar-refractivity contribution is 0.102. The Morgan fingerprint density at radius 2 is 2.00 bits per heavy atom. The molecule has 1 N–H and O–H groups in total. The normalized spacial score (nSPS) is 9.94. The Morgan fingerprint density at radius 1 is 1.24 bits per heavy atom. The number of carbonyl (C=O) groups is 1. The number of aromatic nitrogens is 1. The molecule has 0 aliphatic carbocycles. The smallest absolute Gasteiger partial charge is 0.255 e. The van der Waals surface area contributed by atoms with Gasteiger partial charge >= 0.3 is 0 Å². The van der Waals surface area contributed by atoms with Gasteiger partial charge in [0.2, 0.25) is 0 Å². The summed E-state index contributed by atoms with van der Waals surface area (Å²) < 4.78 is 0. The van der Waals surface area contributed by atoms with Gasteiger partial charge in [0.15, 0.2) is 0 Å². The molecule has 0 aliphatic rings. The largest absolute Gasteiger partial charge is 0.321 e. The maximum atomic E-state index is 11.9. The van der Waals surface area contributed by atoms with E-state index in [0.29, 0.717) is 11.3 Å². The molecule has 0 fully saturated rings. The van der Waals surface area contributed by atoms with E-state index < -0.39 is 0 Å². The molecule has 0 aliphatic heterocycles. The van der Waals surface area contributed by atoms with E-state index in [4.69, 9.17) is 0 Å². The van der Waals surface area contributed by atoms with Crippen molar-refractivity contribution in [3.8, 4) is 0 Å². The zero-order chi connectivity index (χ0) is 12.1. The molecule has 0 bridgehead atoms. The van der Waals surface area contributed by atoms with Gasteiger partial charge in [-0.3, -0.25) is 9.78 Å². The minimum atomic E-state index is -0.120. The number of amides is 1. The van der Waals surface area contributed by atoms with Crippen molar-refractivity contribution in [2.45, 2.75) is 4.90 Å². The number of rotatable bonds is 3. The second kappa shape index (κ2) is 5.50. The van der Waals surface area contributed by atoms with E-state index in [-0.39, 0.29) is 5.91 Å². The average Bonchev–Trinajstić information content (AvgIpc) is 2.40. The fourth-order valence-electron chi connectivity index (χ4n) is 1.38. The van der Waals surface area contributed by atoms with Crippen molar-refractivity contribution >= 4 is 23.4 Å². The molecular weight excluding hydrogens is 232 g/mol. The quantitative estimate of drug-likeness (QED) is 0.844. The van der Waals surface area contributed by atoms with Crippen molar-refractivity contribution in [1.29, 1.82) is 0 Å². The molecule has 0 radical (unpaired) electrons. The summed E-state index contributed by atoms with van der Waals surface area (Å²) in [7, 11) is 0. The lowest BCUT2D eigenvalue weighted by Crippen LogP contribution is -2.11. The lowest BCUT2D eigenvalue weighted by Gasteiger charge is -2.04. The molecule has 1 amide bonds. The van der Waals surface area contributed by atoms with Gasteiger partial charge in [0.25, 0.3) is 5.91 Å². The standard InChI is InChI=1S/C13H12N2OS/c1-17-12-6-4-10(5-7-12)13(16)15-11-3-2-8-14-9-11/h2-9H,1H3,(H,15,16). The second-order valence-corrected chi connectivity index (χ2v) is 4.30. The summed E-state index contributed by atoms with van der Waals surface area (Å²) in [4.78, 5) is 17.0. The highest BCUT2D eigenvalue weighted by molar-refractivity contribution is 7.98. The first-order chi connectivity index (χ1) is 8.29. The third-order valence-corrected chi connectivity index (χ3v) is 3.02. The van der Waals surface area contributed by atoms with Crippen LogP contribution in [0.2, 0.25) is 0 Å². The topological polar surface area (TPSA) is 42.0 Å². The van der Waals surface area contributed by atoms with E-state index in [2.05, 4.69) is 10.3 Å². The first-order valence-corrected chi connectivity index (χ1v) is 6.37. The van der Waals surface area contributed by atoms with Crippen LogP contribution in [0.25, 0.3) is 0 Å². The summed E-state index contributed by atoms with van der Waals surface area (Å²) >= 11 is 1.65. The molecule has 0 spiro atoms. The summed E-state index contributed by atoms with van der Waals surface area (Å²) in [6, 6.07) is 11.1. The Kier molecular flexibility index (Phi) is 3.77. The van der Waals surface area contributed by atoms with Crippen LogP contribution in [0.5, 0.6) is 0 Å². The van der Waals surface area contributed by atoms with Gasteiger partial charge in [-0.25, -0.2) is 0 Å². The summed E-state index contributed by atoms with van der Waals surface area (Å²) in [5, 5.41) is 2.79. The summed E-state index contributed by atoms with van der Waals surface area (Å²) in [5.41, 5.74) is 1.35. The van der Waals surface area contributed by atoms with Crippen molar-refractivity contribution in [2.75, 3.05) is 11.6 Å². The van der Waals surface area contributed by atoms with E-state index in [1.54, 1.807) is 36.3 Å². The molecule has 2 rings (SSSR count). The molecule has 4 heteroatoms. The third-order valence-electron chi connectivity index (χ3n) is 2.27. The molecule has 2 aromatic rings. The van der Waals surface area contributed by atoms with Gasteiger partial charge in [0, 0.05) is 16.7 Å². The number of benzene rings is 1. The van der Waals surface area contributed by atoms with Crippen LogP contribution in [-0.4, -0.2) is 17.1 Å². The van der Waals surface area contributed by atoms with Crippen LogP contribution in [0.4, 0.5) is 5.69 Å². The number of nitrogens with one attached hydrogen (secondary N) is 1. The Morgan fingerprint density at radius 3 is 2.59 bits per heavy atom. The number of thioether (sulfide) groups is 1. The van der Waals surface area contributed by atoms with Crippen LogP contribution in [0.3, 0.4) is 0 Å². The molecule has 17 heavy (non-hydrogen) atoms. The van der Waals surface area contributed by atoms with E-state index >= 15 is 0 Å². The molecule has 86 valence electrons. The second-order valence-electron chi connectivity index (χ2n) is 3.42. The van der Waals surface area contributed by atoms with Crippen molar-refractivity contribution in [3.63, 3.8) is 0 Å². The number of nitrogens with zero attached hydrogens (tertiary/aromatic N) is 1. The van der Waals surface area contributed by atoms with Crippen molar-refractivity contribution in [2.24, 2.45) is 0 Å². The van der Waals surface area contributed by atoms with E-state index in [0.717, 1.165) is 4.90 Å². The molecule has 0 saturated carbocycles. The molecule has 3 nitrogen and oxygen atoms in total. The SMILES string of the molecule is CSc1ccc(C(=O)Nc2cccnc2)cc1. The molecular formula is C13H12N2OS. The zero-order valence-electron chi connectivity index (χ0n) is 9.38. The zero-order valence-corrected chi connectivity index (χ0v) is 10.2. The summed E-state index contributed by atoms with van der Waals surface area (Å²) in [5.74, 6) is -0.120. The molecule has 0 saturated heterocycles. The van der Waals surface area contributed by atoms with Crippen molar-refractivity contribution in [3.05, 3.63) is 54.4 Å². The fourth-order valence-corrected chi connectivity index (χ4v) is 1.79. The van der Waals surface area contributed by atoms with Crippen LogP contribution in [-0.2, 0) is 0 Å². The highest BCUT2D eigenvalue weighted by atomic mass is 32.2. The lowest BCUT2D eigenvalue weighted by atomic mass is 10.2. The third kappa shape index (κ3) is 3.07. The van der Waals surface area contributed by atoms with Gasteiger partial charge in [-0.15, -0.1) is 11.8 Å². The monoisotopic (exact) mass is 244 g/mol. The Balaban J connectivity index is 2.09. The highest BCUT2D eigenvalue weighted by Crippen LogP contribution is 2.15. The summed E-state index contributed by atoms with van der Waals surface area (Å²) in [6.07, 6.45) is 5.29. The molecule has 0 unspecified atom stereocenters. The number of hydrogen-bond donors (Lipinski definition) is 1. The molecule has 1 aromatic carbocycles. The predicted octanol–water partition coefficient (Wildman–Crippen LogP) is 3.06. The fraction of sp³-hybridized carbons (Fsp3) is 0.0769. The predicted molar refractivity (Wildman–Crippen MR) is 70.4 cm³/mol. The van der Waals surface area contributed by atoms with Gasteiger partial charge in [-0.2, -0.15) is 0 Å². The molecule has 1 aromatic heterocycles. The Hall–Kier alpha value is -1.81. The molecule has 1 heterocycles. The maximum Gasteiger partial charge on any atom is 0.255 e. The minimum absolute atomic E-state index is 0.120. The number of anilines is 1. The molecule has 0 atom stereocenters. The van der Waals surface area contributed by atoms with Gasteiger partial charge < -0.3 is 5.32 Å². The van der Waals surface area contributed by atoms with Gasteiger partial charge in [0.05, 0.1) is 11.9 Å². The van der Waals surface area contributed by atoms with Crippen LogP contribution < -0.4 is 5.32 Å². The van der Waals surface area contributed by atoms with Gasteiger partial charge in [-0.1, -0.05) is 0 Å². The average molecular weight is 244 g/mol. The van der Waals surface area contributed by atoms with Crippen LogP contribution >= 0.6 is 11.8 Å². The number of pyridine rings is 1. The van der Waals surface area contributed by atoms with Gasteiger partial charge in [-0.05, 0) is 42.7 Å². The van der Waals surface area contributed by atoms with Crippen molar-refractivity contribution in [1.82, 2.24) is 4.98 Å².